The van der Waals surface area contributed by atoms with Crippen molar-refractivity contribution in [2.24, 2.45) is 0 Å². The molecule has 1 aliphatic heterocycles. The number of fused-ring (bicyclic) bond motifs is 1. The van der Waals surface area contributed by atoms with Crippen molar-refractivity contribution in [3.63, 3.8) is 0 Å². The average molecular weight is 360 g/mol. The minimum Gasteiger partial charge on any atom is -0.380 e. The number of amides is 1. The summed E-state index contributed by atoms with van der Waals surface area (Å²) in [6.45, 7) is 2.57. The Morgan fingerprint density at radius 3 is 2.81 bits per heavy atom. The second kappa shape index (κ2) is 7.76. The van der Waals surface area contributed by atoms with Gasteiger partial charge in [0.1, 0.15) is 0 Å². The number of hydrogen-bond donors (Lipinski definition) is 2. The normalized spacial score (nSPS) is 16.4. The van der Waals surface area contributed by atoms with E-state index in [1.165, 1.54) is 0 Å². The van der Waals surface area contributed by atoms with Crippen LogP contribution in [0.3, 0.4) is 0 Å². The molecule has 1 aromatic heterocycles. The molecule has 0 bridgehead atoms. The Morgan fingerprint density at radius 1 is 1.19 bits per heavy atom. The maximum Gasteiger partial charge on any atom is 0.256 e. The Bertz CT molecular complexity index is 935. The molecule has 5 heteroatoms. The number of hydrogen-bond acceptors (Lipinski definition) is 4. The molecule has 1 fully saturated rings. The fraction of sp³-hybridized carbons (Fsp3) is 0.273. The smallest absolute Gasteiger partial charge is 0.256 e. The van der Waals surface area contributed by atoms with Crippen molar-refractivity contribution in [3.8, 4) is 0 Å². The van der Waals surface area contributed by atoms with Gasteiger partial charge in [-0.1, -0.05) is 30.3 Å². The van der Waals surface area contributed by atoms with Gasteiger partial charge in [0, 0.05) is 43.4 Å². The largest absolute Gasteiger partial charge is 0.380 e. The van der Waals surface area contributed by atoms with Crippen LogP contribution in [0.4, 0.5) is 5.69 Å². The zero-order valence-electron chi connectivity index (χ0n) is 15.5. The van der Waals surface area contributed by atoms with Crippen molar-refractivity contribution in [1.82, 2.24) is 15.2 Å². The molecule has 2 aromatic carbocycles. The SMILES string of the molecule is CN(Cc1ccccc1)C(=O)c1ccc(N[C@H]2CCNC2)c2cccnc12. The van der Waals surface area contributed by atoms with Gasteiger partial charge in [0.05, 0.1) is 11.1 Å². The predicted molar refractivity (Wildman–Crippen MR) is 109 cm³/mol. The van der Waals surface area contributed by atoms with Crippen molar-refractivity contribution < 1.29 is 4.79 Å². The van der Waals surface area contributed by atoms with Gasteiger partial charge < -0.3 is 15.5 Å². The quantitative estimate of drug-likeness (QED) is 0.733. The highest BCUT2D eigenvalue weighted by molar-refractivity contribution is 6.08. The molecule has 0 spiro atoms. The van der Waals surface area contributed by atoms with E-state index >= 15 is 0 Å². The lowest BCUT2D eigenvalue weighted by molar-refractivity contribution is 0.0787. The van der Waals surface area contributed by atoms with Gasteiger partial charge in [-0.15, -0.1) is 0 Å². The molecule has 0 unspecified atom stereocenters. The Hall–Kier alpha value is -2.92. The molecule has 5 nitrogen and oxygen atoms in total. The van der Waals surface area contributed by atoms with Gasteiger partial charge in [-0.3, -0.25) is 9.78 Å². The summed E-state index contributed by atoms with van der Waals surface area (Å²) in [4.78, 5) is 19.3. The summed E-state index contributed by atoms with van der Waals surface area (Å²) >= 11 is 0. The molecule has 1 atom stereocenters. The molecule has 1 aliphatic rings. The van der Waals surface area contributed by atoms with Crippen LogP contribution in [0.5, 0.6) is 0 Å². The second-order valence-corrected chi connectivity index (χ2v) is 7.04. The van der Waals surface area contributed by atoms with Gasteiger partial charge in [-0.25, -0.2) is 0 Å². The van der Waals surface area contributed by atoms with Crippen molar-refractivity contribution in [1.29, 1.82) is 0 Å². The van der Waals surface area contributed by atoms with Crippen LogP contribution in [-0.2, 0) is 6.54 Å². The molecule has 27 heavy (non-hydrogen) atoms. The topological polar surface area (TPSA) is 57.3 Å². The van der Waals surface area contributed by atoms with Crippen molar-refractivity contribution in [3.05, 3.63) is 71.9 Å². The van der Waals surface area contributed by atoms with Crippen LogP contribution < -0.4 is 10.6 Å². The number of nitrogens with zero attached hydrogens (tertiary/aromatic N) is 2. The number of carbonyl (C=O) groups excluding carboxylic acids is 1. The van der Waals surface area contributed by atoms with E-state index in [9.17, 15) is 4.79 Å². The number of benzene rings is 2. The summed E-state index contributed by atoms with van der Waals surface area (Å²) < 4.78 is 0. The third-order valence-corrected chi connectivity index (χ3v) is 5.03. The zero-order valence-corrected chi connectivity index (χ0v) is 15.5. The lowest BCUT2D eigenvalue weighted by atomic mass is 10.1. The summed E-state index contributed by atoms with van der Waals surface area (Å²) in [6, 6.07) is 18.3. The van der Waals surface area contributed by atoms with Crippen LogP contribution in [0.2, 0.25) is 0 Å². The molecule has 0 saturated carbocycles. The Balaban J connectivity index is 1.62. The van der Waals surface area contributed by atoms with E-state index in [0.717, 1.165) is 41.7 Å². The lowest BCUT2D eigenvalue weighted by Gasteiger charge is -2.20. The van der Waals surface area contributed by atoms with Gasteiger partial charge >= 0.3 is 0 Å². The molecular formula is C22H24N4O. The molecule has 0 radical (unpaired) electrons. The van der Waals surface area contributed by atoms with E-state index in [2.05, 4.69) is 15.6 Å². The summed E-state index contributed by atoms with van der Waals surface area (Å²) in [5.41, 5.74) is 3.53. The third kappa shape index (κ3) is 3.78. The maximum absolute atomic E-state index is 13.1. The van der Waals surface area contributed by atoms with Gasteiger partial charge in [-0.2, -0.15) is 0 Å². The number of anilines is 1. The van der Waals surface area contributed by atoms with E-state index in [0.29, 0.717) is 18.2 Å². The summed E-state index contributed by atoms with van der Waals surface area (Å²) in [7, 11) is 1.83. The van der Waals surface area contributed by atoms with E-state index in [4.69, 9.17) is 0 Å². The molecule has 3 aromatic rings. The van der Waals surface area contributed by atoms with Gasteiger partial charge in [-0.05, 0) is 42.8 Å². The molecule has 1 amide bonds. The van der Waals surface area contributed by atoms with Crippen LogP contribution in [0.15, 0.2) is 60.8 Å². The molecule has 1 saturated heterocycles. The minimum atomic E-state index is -0.0170. The van der Waals surface area contributed by atoms with E-state index in [-0.39, 0.29) is 5.91 Å². The zero-order chi connectivity index (χ0) is 18.6. The number of carbonyl (C=O) groups is 1. The molecule has 4 rings (SSSR count). The Kier molecular flexibility index (Phi) is 5.03. The van der Waals surface area contributed by atoms with Crippen LogP contribution in [0, 0.1) is 0 Å². The van der Waals surface area contributed by atoms with Crippen LogP contribution in [0.1, 0.15) is 22.3 Å². The molecule has 2 N–H and O–H groups in total. The van der Waals surface area contributed by atoms with E-state index in [1.54, 1.807) is 11.1 Å². The third-order valence-electron chi connectivity index (χ3n) is 5.03. The lowest BCUT2D eigenvalue weighted by Crippen LogP contribution is -2.27. The minimum absolute atomic E-state index is 0.0170. The van der Waals surface area contributed by atoms with Crippen molar-refractivity contribution in [2.75, 3.05) is 25.5 Å². The Morgan fingerprint density at radius 2 is 2.04 bits per heavy atom. The first kappa shape index (κ1) is 17.5. The first-order valence-corrected chi connectivity index (χ1v) is 9.37. The Labute approximate surface area is 159 Å². The highest BCUT2D eigenvalue weighted by Crippen LogP contribution is 2.27. The van der Waals surface area contributed by atoms with Crippen LogP contribution in [0.25, 0.3) is 10.9 Å². The second-order valence-electron chi connectivity index (χ2n) is 7.04. The molecule has 138 valence electrons. The monoisotopic (exact) mass is 360 g/mol. The number of aromatic nitrogens is 1. The van der Waals surface area contributed by atoms with Gasteiger partial charge in [0.15, 0.2) is 0 Å². The predicted octanol–water partition coefficient (Wildman–Crippen LogP) is 3.28. The fourth-order valence-electron chi connectivity index (χ4n) is 3.60. The van der Waals surface area contributed by atoms with Gasteiger partial charge in [0.25, 0.3) is 5.91 Å². The van der Waals surface area contributed by atoms with Crippen molar-refractivity contribution in [2.45, 2.75) is 19.0 Å². The number of pyridine rings is 1. The van der Waals surface area contributed by atoms with Crippen molar-refractivity contribution >= 4 is 22.5 Å². The van der Waals surface area contributed by atoms with Gasteiger partial charge in [0.2, 0.25) is 0 Å². The van der Waals surface area contributed by atoms with Crippen LogP contribution >= 0.6 is 0 Å². The molecule has 2 heterocycles. The van der Waals surface area contributed by atoms with Crippen LogP contribution in [-0.4, -0.2) is 42.0 Å². The number of rotatable bonds is 5. The summed E-state index contributed by atoms with van der Waals surface area (Å²) in [6.07, 6.45) is 2.85. The molecular weight excluding hydrogens is 336 g/mol. The summed E-state index contributed by atoms with van der Waals surface area (Å²) in [5.74, 6) is -0.0170. The van der Waals surface area contributed by atoms with E-state index in [1.807, 2.05) is 61.6 Å². The molecule has 0 aliphatic carbocycles. The first-order valence-electron chi connectivity index (χ1n) is 9.37. The highest BCUT2D eigenvalue weighted by atomic mass is 16.2. The first-order chi connectivity index (χ1) is 13.2. The average Bonchev–Trinajstić information content (AvgIpc) is 3.22. The maximum atomic E-state index is 13.1. The standard InChI is InChI=1S/C22H24N4O/c1-26(15-16-6-3-2-4-7-16)22(27)19-9-10-20(25-17-11-13-23-14-17)18-8-5-12-24-21(18)19/h2-10,12,17,23,25H,11,13-15H2,1H3/t17-/m0/s1. The fourth-order valence-corrected chi connectivity index (χ4v) is 3.60. The number of nitrogens with one attached hydrogen (secondary N) is 2. The highest BCUT2D eigenvalue weighted by Gasteiger charge is 2.19. The van der Waals surface area contributed by atoms with E-state index < -0.39 is 0 Å². The summed E-state index contributed by atoms with van der Waals surface area (Å²) in [5, 5.41) is 7.95.